The molecule has 0 unspecified atom stereocenters. The SMILES string of the molecule is CC(C)(OOC(CCN1C(=O)C=CC1=O)OOC(C)(C)c1ccccc1)c1ccccc1. The quantitative estimate of drug-likeness (QED) is 0.224. The lowest BCUT2D eigenvalue weighted by Crippen LogP contribution is -2.36. The van der Waals surface area contributed by atoms with Gasteiger partial charge in [0.05, 0.1) is 0 Å². The van der Waals surface area contributed by atoms with E-state index < -0.39 is 17.5 Å². The topological polar surface area (TPSA) is 74.3 Å². The summed E-state index contributed by atoms with van der Waals surface area (Å²) in [5.41, 5.74) is 0.300. The summed E-state index contributed by atoms with van der Waals surface area (Å²) in [7, 11) is 0. The highest BCUT2D eigenvalue weighted by Gasteiger charge is 2.30. The number of benzene rings is 2. The molecule has 2 aromatic rings. The number of imide groups is 1. The average Bonchev–Trinajstić information content (AvgIpc) is 3.11. The monoisotopic (exact) mass is 439 g/mol. The molecule has 0 spiro atoms. The van der Waals surface area contributed by atoms with Gasteiger partial charge in [0.2, 0.25) is 6.29 Å². The molecular formula is C25H29NO6. The van der Waals surface area contributed by atoms with E-state index in [1.165, 1.54) is 12.2 Å². The lowest BCUT2D eigenvalue weighted by molar-refractivity contribution is -0.504. The normalized spacial score (nSPS) is 14.6. The number of amides is 2. The molecular weight excluding hydrogens is 410 g/mol. The van der Waals surface area contributed by atoms with E-state index in [-0.39, 0.29) is 24.8 Å². The molecule has 2 amide bonds. The summed E-state index contributed by atoms with van der Waals surface area (Å²) in [5.74, 6) is -0.741. The van der Waals surface area contributed by atoms with Gasteiger partial charge in [0.25, 0.3) is 11.8 Å². The van der Waals surface area contributed by atoms with E-state index in [1.807, 2.05) is 88.4 Å². The lowest BCUT2D eigenvalue weighted by Gasteiger charge is -2.30. The van der Waals surface area contributed by atoms with Crippen LogP contribution in [0.15, 0.2) is 72.8 Å². The van der Waals surface area contributed by atoms with Gasteiger partial charge < -0.3 is 0 Å². The summed E-state index contributed by atoms with van der Waals surface area (Å²) in [5, 5.41) is 0. The van der Waals surface area contributed by atoms with Crippen molar-refractivity contribution >= 4 is 11.8 Å². The van der Waals surface area contributed by atoms with E-state index in [4.69, 9.17) is 19.6 Å². The van der Waals surface area contributed by atoms with Gasteiger partial charge in [-0.2, -0.15) is 0 Å². The molecule has 1 heterocycles. The maximum atomic E-state index is 11.9. The van der Waals surface area contributed by atoms with Crippen molar-refractivity contribution in [2.45, 2.75) is 51.6 Å². The summed E-state index contributed by atoms with van der Waals surface area (Å²) >= 11 is 0. The zero-order chi connectivity index (χ0) is 23.2. The smallest absolute Gasteiger partial charge is 0.253 e. The van der Waals surface area contributed by atoms with Crippen LogP contribution in [0.2, 0.25) is 0 Å². The summed E-state index contributed by atoms with van der Waals surface area (Å²) in [6.45, 7) is 7.56. The highest BCUT2D eigenvalue weighted by molar-refractivity contribution is 6.12. The van der Waals surface area contributed by atoms with E-state index >= 15 is 0 Å². The highest BCUT2D eigenvalue weighted by Crippen LogP contribution is 2.28. The van der Waals surface area contributed by atoms with Gasteiger partial charge in [-0.05, 0) is 38.8 Å². The standard InChI is InChI=1S/C25H29NO6/c1-24(2,19-11-7-5-8-12-19)31-29-23(17-18-26-21(27)15-16-22(26)28)30-32-25(3,4)20-13-9-6-10-14-20/h5-16,23H,17-18H2,1-4H3. The van der Waals surface area contributed by atoms with Crippen LogP contribution in [0, 0.1) is 0 Å². The molecule has 0 bridgehead atoms. The summed E-state index contributed by atoms with van der Waals surface area (Å²) in [6.07, 6.45) is 1.66. The van der Waals surface area contributed by atoms with E-state index in [0.29, 0.717) is 0 Å². The molecule has 1 aliphatic heterocycles. The molecule has 1 aliphatic rings. The van der Waals surface area contributed by atoms with Crippen molar-refractivity contribution in [1.82, 2.24) is 4.90 Å². The number of hydrogen-bond donors (Lipinski definition) is 0. The molecule has 0 fully saturated rings. The van der Waals surface area contributed by atoms with Crippen molar-refractivity contribution in [3.05, 3.63) is 83.9 Å². The second-order valence-corrected chi connectivity index (χ2v) is 8.49. The molecule has 32 heavy (non-hydrogen) atoms. The van der Waals surface area contributed by atoms with Crippen molar-refractivity contribution in [3.8, 4) is 0 Å². The fraction of sp³-hybridized carbons (Fsp3) is 0.360. The third-order valence-corrected chi connectivity index (χ3v) is 5.15. The highest BCUT2D eigenvalue weighted by atomic mass is 17.3. The Morgan fingerprint density at radius 1 is 0.719 bits per heavy atom. The Morgan fingerprint density at radius 3 is 1.53 bits per heavy atom. The van der Waals surface area contributed by atoms with Crippen LogP contribution in [0.1, 0.15) is 45.2 Å². The fourth-order valence-electron chi connectivity index (χ4n) is 3.12. The second kappa shape index (κ2) is 10.2. The van der Waals surface area contributed by atoms with Crippen LogP contribution >= 0.6 is 0 Å². The Hall–Kier alpha value is -2.84. The summed E-state index contributed by atoms with van der Waals surface area (Å²) < 4.78 is 0. The largest absolute Gasteiger partial charge is 0.275 e. The molecule has 0 saturated carbocycles. The van der Waals surface area contributed by atoms with Gasteiger partial charge in [-0.3, -0.25) is 14.5 Å². The minimum Gasteiger partial charge on any atom is -0.275 e. The number of nitrogens with zero attached hydrogens (tertiary/aromatic N) is 1. The predicted octanol–water partition coefficient (Wildman–Crippen LogP) is 4.39. The first-order valence-corrected chi connectivity index (χ1v) is 10.5. The first-order valence-electron chi connectivity index (χ1n) is 10.5. The Morgan fingerprint density at radius 2 is 1.12 bits per heavy atom. The molecule has 7 heteroatoms. The molecule has 0 aromatic heterocycles. The van der Waals surface area contributed by atoms with Crippen molar-refractivity contribution in [2.75, 3.05) is 6.54 Å². The molecule has 0 atom stereocenters. The van der Waals surface area contributed by atoms with E-state index in [9.17, 15) is 9.59 Å². The van der Waals surface area contributed by atoms with Crippen molar-refractivity contribution in [2.24, 2.45) is 0 Å². The van der Waals surface area contributed by atoms with Crippen LogP contribution in [0.25, 0.3) is 0 Å². The van der Waals surface area contributed by atoms with Gasteiger partial charge >= 0.3 is 0 Å². The zero-order valence-corrected chi connectivity index (χ0v) is 18.8. The summed E-state index contributed by atoms with van der Waals surface area (Å²) in [6, 6.07) is 19.2. The van der Waals surface area contributed by atoms with Crippen LogP contribution in [0.4, 0.5) is 0 Å². The van der Waals surface area contributed by atoms with E-state index in [2.05, 4.69) is 0 Å². The Balaban J connectivity index is 1.66. The Bertz CT molecular complexity index is 866. The third-order valence-electron chi connectivity index (χ3n) is 5.15. The maximum Gasteiger partial charge on any atom is 0.253 e. The van der Waals surface area contributed by atoms with Gasteiger partial charge in [0.15, 0.2) is 0 Å². The van der Waals surface area contributed by atoms with Gasteiger partial charge in [-0.1, -0.05) is 60.7 Å². The van der Waals surface area contributed by atoms with E-state index in [0.717, 1.165) is 16.0 Å². The molecule has 170 valence electrons. The molecule has 7 nitrogen and oxygen atoms in total. The van der Waals surface area contributed by atoms with Crippen molar-refractivity contribution in [1.29, 1.82) is 0 Å². The molecule has 0 radical (unpaired) electrons. The number of hydrogen-bond acceptors (Lipinski definition) is 6. The van der Waals surface area contributed by atoms with Gasteiger partial charge in [0.1, 0.15) is 11.2 Å². The van der Waals surface area contributed by atoms with E-state index in [1.54, 1.807) is 0 Å². The predicted molar refractivity (Wildman–Crippen MR) is 118 cm³/mol. The third kappa shape index (κ3) is 6.11. The number of carbonyl (C=O) groups is 2. The minimum absolute atomic E-state index is 0.0968. The van der Waals surface area contributed by atoms with Gasteiger partial charge in [-0.25, -0.2) is 19.6 Å². The first-order chi connectivity index (χ1) is 15.2. The zero-order valence-electron chi connectivity index (χ0n) is 18.8. The summed E-state index contributed by atoms with van der Waals surface area (Å²) in [4.78, 5) is 47.5. The van der Waals surface area contributed by atoms with Crippen LogP contribution in [-0.4, -0.2) is 29.5 Å². The molecule has 0 saturated heterocycles. The molecule has 2 aromatic carbocycles. The maximum absolute atomic E-state index is 11.9. The molecule has 3 rings (SSSR count). The molecule has 0 aliphatic carbocycles. The van der Waals surface area contributed by atoms with Crippen LogP contribution in [-0.2, 0) is 40.3 Å². The van der Waals surface area contributed by atoms with Gasteiger partial charge in [0, 0.05) is 25.1 Å². The number of rotatable bonds is 11. The van der Waals surface area contributed by atoms with Crippen molar-refractivity contribution < 1.29 is 29.1 Å². The molecule has 0 N–H and O–H groups in total. The Labute approximate surface area is 188 Å². The fourth-order valence-corrected chi connectivity index (χ4v) is 3.12. The number of carbonyl (C=O) groups excluding carboxylic acids is 2. The Kier molecular flexibility index (Phi) is 7.58. The van der Waals surface area contributed by atoms with Crippen LogP contribution in [0.3, 0.4) is 0 Å². The second-order valence-electron chi connectivity index (χ2n) is 8.49. The van der Waals surface area contributed by atoms with Crippen LogP contribution < -0.4 is 0 Å². The van der Waals surface area contributed by atoms with Crippen molar-refractivity contribution in [3.63, 3.8) is 0 Å². The minimum atomic E-state index is -0.984. The lowest BCUT2D eigenvalue weighted by atomic mass is 9.99. The van der Waals surface area contributed by atoms with Gasteiger partial charge in [-0.15, -0.1) is 0 Å². The average molecular weight is 440 g/mol. The van der Waals surface area contributed by atoms with Crippen LogP contribution in [0.5, 0.6) is 0 Å². The first kappa shape index (κ1) is 23.8.